The molecular formula is C21H23N3O3. The molecule has 1 amide bonds. The summed E-state index contributed by atoms with van der Waals surface area (Å²) in [6, 6.07) is 17.6. The van der Waals surface area contributed by atoms with E-state index in [1.165, 1.54) is 0 Å². The van der Waals surface area contributed by atoms with Crippen molar-refractivity contribution in [2.24, 2.45) is 0 Å². The maximum atomic E-state index is 12.6. The largest absolute Gasteiger partial charge is 0.445 e. The Morgan fingerprint density at radius 1 is 1.15 bits per heavy atom. The fourth-order valence-corrected chi connectivity index (χ4v) is 3.73. The highest BCUT2D eigenvalue weighted by atomic mass is 16.6. The van der Waals surface area contributed by atoms with Crippen molar-refractivity contribution in [3.8, 4) is 0 Å². The van der Waals surface area contributed by atoms with E-state index in [4.69, 9.17) is 4.74 Å². The second-order valence-corrected chi connectivity index (χ2v) is 6.82. The van der Waals surface area contributed by atoms with E-state index in [1.807, 2.05) is 59.2 Å². The van der Waals surface area contributed by atoms with E-state index in [2.05, 4.69) is 4.98 Å². The molecule has 0 spiro atoms. The number of nitrogens with zero attached hydrogens (tertiary/aromatic N) is 3. The predicted octanol–water partition coefficient (Wildman–Crippen LogP) is 3.33. The smallest absolute Gasteiger partial charge is 0.410 e. The van der Waals surface area contributed by atoms with Gasteiger partial charge in [-0.2, -0.15) is 0 Å². The van der Waals surface area contributed by atoms with Crippen LogP contribution < -0.4 is 0 Å². The van der Waals surface area contributed by atoms with E-state index in [0.717, 1.165) is 29.4 Å². The van der Waals surface area contributed by atoms with E-state index < -0.39 is 0 Å². The third-order valence-corrected chi connectivity index (χ3v) is 5.09. The standard InChI is InChI=1S/C21H23N3O3/c25-14-20-22-18-10-4-5-11-19(18)24(20)13-17-9-6-12-23(17)21(26)27-15-16-7-2-1-3-8-16/h1-5,7-8,10-11,17,25H,6,9,12-15H2. The molecule has 2 heterocycles. The number of ether oxygens (including phenoxy) is 1. The van der Waals surface area contributed by atoms with Crippen LogP contribution in [0.2, 0.25) is 0 Å². The molecule has 1 aliphatic heterocycles. The molecule has 0 aliphatic carbocycles. The second kappa shape index (κ2) is 7.80. The first-order valence-electron chi connectivity index (χ1n) is 9.28. The number of aliphatic hydroxyl groups is 1. The monoisotopic (exact) mass is 365 g/mol. The minimum atomic E-state index is -0.281. The van der Waals surface area contributed by atoms with Crippen molar-refractivity contribution in [1.82, 2.24) is 14.5 Å². The summed E-state index contributed by atoms with van der Waals surface area (Å²) in [5.41, 5.74) is 2.81. The first kappa shape index (κ1) is 17.5. The topological polar surface area (TPSA) is 67.6 Å². The van der Waals surface area contributed by atoms with Crippen molar-refractivity contribution >= 4 is 17.1 Å². The van der Waals surface area contributed by atoms with E-state index in [9.17, 15) is 9.90 Å². The van der Waals surface area contributed by atoms with Gasteiger partial charge in [-0.1, -0.05) is 42.5 Å². The Kier molecular flexibility index (Phi) is 5.07. The zero-order valence-corrected chi connectivity index (χ0v) is 15.1. The molecule has 3 aromatic rings. The maximum Gasteiger partial charge on any atom is 0.410 e. The number of aromatic nitrogens is 2. The molecule has 1 N–H and O–H groups in total. The zero-order valence-electron chi connectivity index (χ0n) is 15.1. The maximum absolute atomic E-state index is 12.6. The molecule has 0 bridgehead atoms. The first-order chi connectivity index (χ1) is 13.3. The number of likely N-dealkylation sites (tertiary alicyclic amines) is 1. The molecule has 1 unspecified atom stereocenters. The summed E-state index contributed by atoms with van der Waals surface area (Å²) in [5, 5.41) is 9.69. The van der Waals surface area contributed by atoms with Crippen molar-refractivity contribution in [3.05, 3.63) is 66.0 Å². The van der Waals surface area contributed by atoms with E-state index in [1.54, 1.807) is 4.90 Å². The molecule has 1 fully saturated rings. The summed E-state index contributed by atoms with van der Waals surface area (Å²) >= 11 is 0. The number of imidazole rings is 1. The molecule has 140 valence electrons. The quantitative estimate of drug-likeness (QED) is 0.753. The van der Waals surface area contributed by atoms with Gasteiger partial charge in [0.1, 0.15) is 19.0 Å². The van der Waals surface area contributed by atoms with Gasteiger partial charge in [0.25, 0.3) is 0 Å². The van der Waals surface area contributed by atoms with Crippen LogP contribution in [-0.2, 0) is 24.5 Å². The highest BCUT2D eigenvalue weighted by Crippen LogP contribution is 2.24. The van der Waals surface area contributed by atoms with Crippen molar-refractivity contribution in [2.45, 2.75) is 38.6 Å². The van der Waals surface area contributed by atoms with Gasteiger partial charge in [0.2, 0.25) is 0 Å². The van der Waals surface area contributed by atoms with Gasteiger partial charge < -0.3 is 19.3 Å². The first-order valence-corrected chi connectivity index (χ1v) is 9.28. The Morgan fingerprint density at radius 2 is 1.93 bits per heavy atom. The lowest BCUT2D eigenvalue weighted by Crippen LogP contribution is -2.38. The molecule has 6 nitrogen and oxygen atoms in total. The Bertz CT molecular complexity index is 923. The molecule has 2 aromatic carbocycles. The van der Waals surface area contributed by atoms with Crippen LogP contribution in [0.1, 0.15) is 24.2 Å². The molecule has 1 atom stereocenters. The number of rotatable bonds is 5. The van der Waals surface area contributed by atoms with Crippen LogP contribution in [0.3, 0.4) is 0 Å². The van der Waals surface area contributed by atoms with Gasteiger partial charge in [-0.15, -0.1) is 0 Å². The average molecular weight is 365 g/mol. The highest BCUT2D eigenvalue weighted by Gasteiger charge is 2.31. The fraction of sp³-hybridized carbons (Fsp3) is 0.333. The van der Waals surface area contributed by atoms with Gasteiger partial charge in [0.15, 0.2) is 0 Å². The number of hydrogen-bond donors (Lipinski definition) is 1. The normalized spacial score (nSPS) is 16.8. The Morgan fingerprint density at radius 3 is 2.74 bits per heavy atom. The van der Waals surface area contributed by atoms with Crippen LogP contribution in [0.4, 0.5) is 4.79 Å². The average Bonchev–Trinajstić information content (AvgIpc) is 3.32. The van der Waals surface area contributed by atoms with E-state index >= 15 is 0 Å². The van der Waals surface area contributed by atoms with Crippen LogP contribution in [0.25, 0.3) is 11.0 Å². The fourth-order valence-electron chi connectivity index (χ4n) is 3.73. The summed E-state index contributed by atoms with van der Waals surface area (Å²) in [6.45, 7) is 1.45. The molecule has 6 heteroatoms. The molecule has 27 heavy (non-hydrogen) atoms. The van der Waals surface area contributed by atoms with Crippen LogP contribution in [-0.4, -0.2) is 38.2 Å². The van der Waals surface area contributed by atoms with Crippen LogP contribution in [0, 0.1) is 0 Å². The van der Waals surface area contributed by atoms with E-state index in [0.29, 0.717) is 18.9 Å². The number of hydrogen-bond acceptors (Lipinski definition) is 4. The Balaban J connectivity index is 1.48. The predicted molar refractivity (Wildman–Crippen MR) is 102 cm³/mol. The number of amides is 1. The van der Waals surface area contributed by atoms with Crippen LogP contribution >= 0.6 is 0 Å². The Hall–Kier alpha value is -2.86. The summed E-state index contributed by atoms with van der Waals surface area (Å²) < 4.78 is 7.53. The summed E-state index contributed by atoms with van der Waals surface area (Å²) in [6.07, 6.45) is 1.58. The van der Waals surface area contributed by atoms with E-state index in [-0.39, 0.29) is 25.3 Å². The molecule has 1 aromatic heterocycles. The second-order valence-electron chi connectivity index (χ2n) is 6.82. The lowest BCUT2D eigenvalue weighted by Gasteiger charge is -2.25. The summed E-state index contributed by atoms with van der Waals surface area (Å²) in [7, 11) is 0. The van der Waals surface area contributed by atoms with Gasteiger partial charge in [-0.25, -0.2) is 9.78 Å². The third kappa shape index (κ3) is 3.66. The number of para-hydroxylation sites is 2. The van der Waals surface area contributed by atoms with Crippen LogP contribution in [0.5, 0.6) is 0 Å². The molecule has 1 aliphatic rings. The molecule has 1 saturated heterocycles. The van der Waals surface area contributed by atoms with Gasteiger partial charge in [0, 0.05) is 13.1 Å². The van der Waals surface area contributed by atoms with Gasteiger partial charge in [-0.3, -0.25) is 0 Å². The van der Waals surface area contributed by atoms with Crippen LogP contribution in [0.15, 0.2) is 54.6 Å². The molecular weight excluding hydrogens is 342 g/mol. The SMILES string of the molecule is O=C(OCc1ccccc1)N1CCCC1Cn1c(CO)nc2ccccc21. The van der Waals surface area contributed by atoms with Gasteiger partial charge >= 0.3 is 6.09 Å². The third-order valence-electron chi connectivity index (χ3n) is 5.09. The number of carbonyl (C=O) groups excluding carboxylic acids is 1. The van der Waals surface area contributed by atoms with Gasteiger partial charge in [-0.05, 0) is 30.5 Å². The summed E-state index contributed by atoms with van der Waals surface area (Å²) in [5.74, 6) is 0.626. The van der Waals surface area contributed by atoms with Crippen molar-refractivity contribution in [3.63, 3.8) is 0 Å². The number of carbonyl (C=O) groups is 1. The van der Waals surface area contributed by atoms with Crippen molar-refractivity contribution in [1.29, 1.82) is 0 Å². The summed E-state index contributed by atoms with van der Waals surface area (Å²) in [4.78, 5) is 18.9. The lowest BCUT2D eigenvalue weighted by atomic mass is 10.2. The highest BCUT2D eigenvalue weighted by molar-refractivity contribution is 5.76. The zero-order chi connectivity index (χ0) is 18.6. The molecule has 0 saturated carbocycles. The van der Waals surface area contributed by atoms with Gasteiger partial charge in [0.05, 0.1) is 17.1 Å². The molecule has 0 radical (unpaired) electrons. The number of fused-ring (bicyclic) bond motifs is 1. The molecule has 4 rings (SSSR count). The lowest BCUT2D eigenvalue weighted by molar-refractivity contribution is 0.0893. The number of benzene rings is 2. The number of aliphatic hydroxyl groups excluding tert-OH is 1. The van der Waals surface area contributed by atoms with Crippen molar-refractivity contribution < 1.29 is 14.6 Å². The Labute approximate surface area is 158 Å². The van der Waals surface area contributed by atoms with Crippen molar-refractivity contribution in [2.75, 3.05) is 6.54 Å². The minimum Gasteiger partial charge on any atom is -0.445 e. The minimum absolute atomic E-state index is 0.0381.